The number of benzene rings is 1. The quantitative estimate of drug-likeness (QED) is 0.902. The number of carbonyl (C=O) groups is 1. The number of carboxylic acids is 1. The van der Waals surface area contributed by atoms with Crippen LogP contribution in [0.1, 0.15) is 18.1 Å². The van der Waals surface area contributed by atoms with Gasteiger partial charge in [0.15, 0.2) is 5.82 Å². The number of aryl methyl sites for hydroxylation is 1. The molecule has 2 aromatic rings. The minimum Gasteiger partial charge on any atom is -0.493 e. The Morgan fingerprint density at radius 3 is 2.95 bits per heavy atom. The second kappa shape index (κ2) is 5.95. The van der Waals surface area contributed by atoms with E-state index in [1.54, 1.807) is 0 Å². The Kier molecular flexibility index (Phi) is 3.85. The lowest BCUT2D eigenvalue weighted by Gasteiger charge is -2.17. The number of para-hydroxylation sites is 1. The van der Waals surface area contributed by atoms with Gasteiger partial charge in [0.25, 0.3) is 0 Å². The molecule has 1 unspecified atom stereocenters. The summed E-state index contributed by atoms with van der Waals surface area (Å²) in [7, 11) is 0. The van der Waals surface area contributed by atoms with Crippen molar-refractivity contribution in [2.75, 3.05) is 6.61 Å². The minimum atomic E-state index is -0.752. The van der Waals surface area contributed by atoms with Gasteiger partial charge >= 0.3 is 5.97 Å². The average molecular weight is 287 g/mol. The fourth-order valence-corrected chi connectivity index (χ4v) is 2.45. The molecule has 110 valence electrons. The fourth-order valence-electron chi connectivity index (χ4n) is 2.45. The zero-order chi connectivity index (χ0) is 14.7. The van der Waals surface area contributed by atoms with E-state index in [-0.39, 0.29) is 5.92 Å². The zero-order valence-corrected chi connectivity index (χ0v) is 11.6. The minimum absolute atomic E-state index is 0.338. The second-order valence-corrected chi connectivity index (χ2v) is 5.11. The first-order chi connectivity index (χ1) is 10.2. The van der Waals surface area contributed by atoms with E-state index in [1.165, 1.54) is 0 Å². The summed E-state index contributed by atoms with van der Waals surface area (Å²) in [6.45, 7) is 1.13. The maximum atomic E-state index is 11.0. The lowest BCUT2D eigenvalue weighted by molar-refractivity contribution is -0.142. The largest absolute Gasteiger partial charge is 0.493 e. The second-order valence-electron chi connectivity index (χ2n) is 5.11. The van der Waals surface area contributed by atoms with Gasteiger partial charge in [0, 0.05) is 19.4 Å². The highest BCUT2D eigenvalue weighted by Crippen LogP contribution is 2.19. The molecule has 3 rings (SSSR count). The van der Waals surface area contributed by atoms with Crippen LogP contribution in [0.3, 0.4) is 0 Å². The van der Waals surface area contributed by atoms with E-state index >= 15 is 0 Å². The van der Waals surface area contributed by atoms with Gasteiger partial charge in [-0.15, -0.1) is 0 Å². The van der Waals surface area contributed by atoms with Crippen LogP contribution in [0.25, 0.3) is 0 Å². The molecule has 0 aliphatic carbocycles. The number of fused-ring (bicyclic) bond motifs is 1. The third-order valence-electron chi connectivity index (χ3n) is 3.60. The number of hydrogen-bond acceptors (Lipinski definition) is 4. The van der Waals surface area contributed by atoms with Crippen molar-refractivity contribution in [3.8, 4) is 5.75 Å². The van der Waals surface area contributed by atoms with Gasteiger partial charge in [0.1, 0.15) is 11.6 Å². The highest BCUT2D eigenvalue weighted by atomic mass is 16.5. The first-order valence-electron chi connectivity index (χ1n) is 7.05. The molecule has 1 aromatic carbocycles. The molecule has 0 saturated heterocycles. The molecule has 1 aromatic heterocycles. The van der Waals surface area contributed by atoms with E-state index in [2.05, 4.69) is 10.1 Å². The van der Waals surface area contributed by atoms with Crippen LogP contribution in [-0.4, -0.2) is 32.4 Å². The van der Waals surface area contributed by atoms with Gasteiger partial charge in [0.2, 0.25) is 0 Å². The molecule has 0 spiro atoms. The van der Waals surface area contributed by atoms with E-state index in [0.29, 0.717) is 38.2 Å². The van der Waals surface area contributed by atoms with E-state index in [4.69, 9.17) is 9.84 Å². The molecule has 0 saturated carbocycles. The number of ether oxygens (including phenoxy) is 1. The monoisotopic (exact) mass is 287 g/mol. The maximum absolute atomic E-state index is 11.0. The number of hydrogen-bond donors (Lipinski definition) is 1. The van der Waals surface area contributed by atoms with E-state index in [9.17, 15) is 4.79 Å². The molecule has 6 heteroatoms. The summed E-state index contributed by atoms with van der Waals surface area (Å²) in [5, 5.41) is 13.5. The summed E-state index contributed by atoms with van der Waals surface area (Å²) in [5.41, 5.74) is 0. The molecule has 21 heavy (non-hydrogen) atoms. The molecule has 1 atom stereocenters. The maximum Gasteiger partial charge on any atom is 0.307 e. The molecule has 1 aliphatic heterocycles. The third kappa shape index (κ3) is 3.21. The Bertz CT molecular complexity index is 624. The van der Waals surface area contributed by atoms with Gasteiger partial charge in [-0.05, 0) is 18.6 Å². The molecule has 0 radical (unpaired) electrons. The Labute approximate surface area is 122 Å². The van der Waals surface area contributed by atoms with Crippen LogP contribution >= 0.6 is 0 Å². The molecule has 0 amide bonds. The molecule has 1 N–H and O–H groups in total. The summed E-state index contributed by atoms with van der Waals surface area (Å²) < 4.78 is 7.43. The van der Waals surface area contributed by atoms with Crippen molar-refractivity contribution >= 4 is 5.97 Å². The Balaban J connectivity index is 1.57. The number of rotatable bonds is 5. The van der Waals surface area contributed by atoms with Crippen LogP contribution < -0.4 is 4.74 Å². The van der Waals surface area contributed by atoms with Crippen molar-refractivity contribution in [1.29, 1.82) is 0 Å². The molecule has 0 bridgehead atoms. The van der Waals surface area contributed by atoms with Gasteiger partial charge < -0.3 is 9.84 Å². The predicted octanol–water partition coefficient (Wildman–Crippen LogP) is 1.55. The van der Waals surface area contributed by atoms with E-state index in [0.717, 1.165) is 11.6 Å². The number of aromatic nitrogens is 3. The van der Waals surface area contributed by atoms with Crippen molar-refractivity contribution in [3.05, 3.63) is 42.0 Å². The van der Waals surface area contributed by atoms with Crippen LogP contribution in [0.2, 0.25) is 0 Å². The van der Waals surface area contributed by atoms with Gasteiger partial charge in [0.05, 0.1) is 12.5 Å². The van der Waals surface area contributed by atoms with Gasteiger partial charge in [-0.25, -0.2) is 9.67 Å². The van der Waals surface area contributed by atoms with Crippen molar-refractivity contribution in [3.63, 3.8) is 0 Å². The van der Waals surface area contributed by atoms with Crippen molar-refractivity contribution < 1.29 is 14.6 Å². The van der Waals surface area contributed by atoms with Crippen LogP contribution in [0, 0.1) is 5.92 Å². The number of nitrogens with zero attached hydrogens (tertiary/aromatic N) is 3. The lowest BCUT2D eigenvalue weighted by atomic mass is 9.98. The highest BCUT2D eigenvalue weighted by molar-refractivity contribution is 5.70. The summed E-state index contributed by atoms with van der Waals surface area (Å²) in [6, 6.07) is 9.60. The molecule has 2 heterocycles. The smallest absolute Gasteiger partial charge is 0.307 e. The topological polar surface area (TPSA) is 77.2 Å². The van der Waals surface area contributed by atoms with E-state index < -0.39 is 5.97 Å². The number of aliphatic carboxylic acids is 1. The van der Waals surface area contributed by atoms with Crippen molar-refractivity contribution in [1.82, 2.24) is 14.8 Å². The first kappa shape index (κ1) is 13.6. The molecular weight excluding hydrogens is 270 g/mol. The summed E-state index contributed by atoms with van der Waals surface area (Å²) in [4.78, 5) is 15.4. The fraction of sp³-hybridized carbons (Fsp3) is 0.400. The third-order valence-corrected chi connectivity index (χ3v) is 3.60. The number of carboxylic acid groups (broad SMARTS) is 1. The molecule has 0 fully saturated rings. The van der Waals surface area contributed by atoms with Gasteiger partial charge in [-0.2, -0.15) is 5.10 Å². The summed E-state index contributed by atoms with van der Waals surface area (Å²) >= 11 is 0. The Morgan fingerprint density at radius 2 is 2.19 bits per heavy atom. The normalized spacial score (nSPS) is 17.2. The van der Waals surface area contributed by atoms with E-state index in [1.807, 2.05) is 35.0 Å². The lowest BCUT2D eigenvalue weighted by Crippen LogP contribution is -2.26. The highest BCUT2D eigenvalue weighted by Gasteiger charge is 2.26. The predicted molar refractivity (Wildman–Crippen MR) is 75.1 cm³/mol. The average Bonchev–Trinajstić information content (AvgIpc) is 2.90. The SMILES string of the molecule is O=C(O)C1CCn2nc(CCOc3ccccc3)nc2C1. The summed E-state index contributed by atoms with van der Waals surface area (Å²) in [5.74, 6) is 1.22. The van der Waals surface area contributed by atoms with Crippen LogP contribution in [0.4, 0.5) is 0 Å². The van der Waals surface area contributed by atoms with Crippen LogP contribution in [-0.2, 0) is 24.2 Å². The van der Waals surface area contributed by atoms with Crippen molar-refractivity contribution in [2.24, 2.45) is 5.92 Å². The first-order valence-corrected chi connectivity index (χ1v) is 7.05. The molecule has 1 aliphatic rings. The van der Waals surface area contributed by atoms with Crippen molar-refractivity contribution in [2.45, 2.75) is 25.8 Å². The summed E-state index contributed by atoms with van der Waals surface area (Å²) in [6.07, 6.45) is 1.69. The Hall–Kier alpha value is -2.37. The van der Waals surface area contributed by atoms with Gasteiger partial charge in [-0.1, -0.05) is 18.2 Å². The Morgan fingerprint density at radius 1 is 1.38 bits per heavy atom. The van der Waals surface area contributed by atoms with Gasteiger partial charge in [-0.3, -0.25) is 4.79 Å². The zero-order valence-electron chi connectivity index (χ0n) is 11.6. The standard InChI is InChI=1S/C15H17N3O3/c19-15(20)11-6-8-18-14(10-11)16-13(17-18)7-9-21-12-4-2-1-3-5-12/h1-5,11H,6-10H2,(H,19,20). The van der Waals surface area contributed by atoms with Crippen LogP contribution in [0.5, 0.6) is 5.75 Å². The molecule has 6 nitrogen and oxygen atoms in total. The molecular formula is C15H17N3O3. The van der Waals surface area contributed by atoms with Crippen LogP contribution in [0.15, 0.2) is 30.3 Å².